The van der Waals surface area contributed by atoms with Gasteiger partial charge in [0.05, 0.1) is 17.6 Å². The summed E-state index contributed by atoms with van der Waals surface area (Å²) in [5.74, 6) is -0.175. The number of piperazine rings is 1. The molecule has 1 amide bonds. The quantitative estimate of drug-likeness (QED) is 0.301. The molecule has 0 atom stereocenters. The Bertz CT molecular complexity index is 1180. The van der Waals surface area contributed by atoms with Crippen molar-refractivity contribution >= 4 is 34.3 Å². The molecule has 1 aromatic carbocycles. The van der Waals surface area contributed by atoms with Crippen molar-refractivity contribution in [3.05, 3.63) is 60.1 Å². The fraction of sp³-hybridized carbons (Fsp3) is 0.360. The average molecular weight is 577 g/mol. The molecule has 0 saturated carbocycles. The lowest BCUT2D eigenvalue weighted by Crippen LogP contribution is -2.49. The van der Waals surface area contributed by atoms with Crippen LogP contribution >= 0.6 is 22.6 Å². The normalized spacial score (nSPS) is 14.1. The Kier molecular flexibility index (Phi) is 7.70. The van der Waals surface area contributed by atoms with Gasteiger partial charge in [-0.25, -0.2) is 18.7 Å². The minimum atomic E-state index is -0.689. The summed E-state index contributed by atoms with van der Waals surface area (Å²) >= 11 is 2.25. The number of hydrogen-bond donors (Lipinski definition) is 0. The predicted molar refractivity (Wildman–Crippen MR) is 137 cm³/mol. The Balaban J connectivity index is 1.69. The highest BCUT2D eigenvalue weighted by Crippen LogP contribution is 2.34. The first kappa shape index (κ1) is 24.4. The summed E-state index contributed by atoms with van der Waals surface area (Å²) in [4.78, 5) is 30.1. The van der Waals surface area contributed by atoms with Crippen LogP contribution in [-0.2, 0) is 9.22 Å². The molecule has 0 N–H and O–H groups in total. The molecular formula is C25H26F2IN5O. The van der Waals surface area contributed by atoms with Gasteiger partial charge in [-0.1, -0.05) is 36.4 Å². The summed E-state index contributed by atoms with van der Waals surface area (Å²) in [7, 11) is 0. The van der Waals surface area contributed by atoms with E-state index in [1.165, 1.54) is 12.1 Å². The van der Waals surface area contributed by atoms with E-state index < -0.39 is 11.6 Å². The van der Waals surface area contributed by atoms with Gasteiger partial charge in [-0.2, -0.15) is 0 Å². The number of hydrogen-bond acceptors (Lipinski definition) is 5. The van der Waals surface area contributed by atoms with Gasteiger partial charge < -0.3 is 9.80 Å². The molecule has 3 aromatic rings. The second kappa shape index (κ2) is 10.7. The van der Waals surface area contributed by atoms with Crippen LogP contribution in [0, 0.1) is 17.6 Å². The Morgan fingerprint density at radius 1 is 1.06 bits per heavy atom. The Morgan fingerprint density at radius 2 is 1.82 bits per heavy atom. The van der Waals surface area contributed by atoms with Gasteiger partial charge in [-0.15, -0.1) is 0 Å². The molecule has 3 heterocycles. The van der Waals surface area contributed by atoms with Crippen molar-refractivity contribution in [2.24, 2.45) is 5.92 Å². The number of benzene rings is 1. The van der Waals surface area contributed by atoms with Crippen molar-refractivity contribution in [2.45, 2.75) is 24.7 Å². The van der Waals surface area contributed by atoms with Crippen LogP contribution in [0.15, 0.2) is 42.9 Å². The topological polar surface area (TPSA) is 62.2 Å². The number of halogens is 3. The fourth-order valence-electron chi connectivity index (χ4n) is 4.03. The van der Waals surface area contributed by atoms with Crippen LogP contribution in [0.4, 0.5) is 14.6 Å². The molecule has 34 heavy (non-hydrogen) atoms. The molecule has 2 aromatic heterocycles. The number of pyridine rings is 1. The Morgan fingerprint density at radius 3 is 2.50 bits per heavy atom. The zero-order valence-electron chi connectivity index (χ0n) is 19.1. The predicted octanol–water partition coefficient (Wildman–Crippen LogP) is 5.11. The second-order valence-corrected chi connectivity index (χ2v) is 9.44. The van der Waals surface area contributed by atoms with Crippen LogP contribution in [0.2, 0.25) is 0 Å². The number of aromatic nitrogens is 3. The summed E-state index contributed by atoms with van der Waals surface area (Å²) in [6.07, 6.45) is 5.60. The lowest BCUT2D eigenvalue weighted by Gasteiger charge is -2.35. The number of nitrogens with zero attached hydrogens (tertiary/aromatic N) is 5. The van der Waals surface area contributed by atoms with Gasteiger partial charge in [0, 0.05) is 66.6 Å². The maximum Gasteiger partial charge on any atom is 0.222 e. The summed E-state index contributed by atoms with van der Waals surface area (Å²) in [6.45, 7) is 6.59. The SMILES string of the molecule is CC(C)CC(=O)N1CCN(c2cnc(-c3ccc(F)cc3F)c(-c3ccncc3CI)n2)CC1. The summed E-state index contributed by atoms with van der Waals surface area (Å²) in [5.41, 5.74) is 2.82. The molecule has 1 fully saturated rings. The molecule has 6 nitrogen and oxygen atoms in total. The zero-order chi connectivity index (χ0) is 24.2. The van der Waals surface area contributed by atoms with Gasteiger partial charge in [0.25, 0.3) is 0 Å². The lowest BCUT2D eigenvalue weighted by atomic mass is 10.0. The van der Waals surface area contributed by atoms with Crippen LogP contribution in [0.25, 0.3) is 22.5 Å². The van der Waals surface area contributed by atoms with Crippen molar-refractivity contribution in [3.8, 4) is 22.5 Å². The highest BCUT2D eigenvalue weighted by atomic mass is 127. The van der Waals surface area contributed by atoms with E-state index in [0.717, 1.165) is 17.2 Å². The molecule has 1 aliphatic heterocycles. The first-order valence-electron chi connectivity index (χ1n) is 11.2. The third kappa shape index (κ3) is 5.34. The summed E-state index contributed by atoms with van der Waals surface area (Å²) in [6, 6.07) is 5.31. The van der Waals surface area contributed by atoms with Crippen LogP contribution in [0.3, 0.4) is 0 Å². The minimum Gasteiger partial charge on any atom is -0.352 e. The van der Waals surface area contributed by atoms with Crippen molar-refractivity contribution in [1.29, 1.82) is 0 Å². The standard InChI is InChI=1S/C25H26F2IN5O/c1-16(2)11-23(34)33-9-7-32(8-10-33)22-15-30-24(20-4-3-18(26)12-21(20)27)25(31-22)19-5-6-29-14-17(19)13-28/h3-6,12,14-16H,7-11,13H2,1-2H3. The number of carbonyl (C=O) groups is 1. The van der Waals surface area contributed by atoms with E-state index in [1.807, 2.05) is 24.8 Å². The number of alkyl halides is 1. The van der Waals surface area contributed by atoms with Gasteiger partial charge in [0.15, 0.2) is 0 Å². The first-order chi connectivity index (χ1) is 16.4. The van der Waals surface area contributed by atoms with Crippen LogP contribution in [0.1, 0.15) is 25.8 Å². The van der Waals surface area contributed by atoms with Gasteiger partial charge in [-0.05, 0) is 29.7 Å². The molecule has 1 saturated heterocycles. The van der Waals surface area contributed by atoms with Gasteiger partial charge in [0.2, 0.25) is 5.91 Å². The molecule has 9 heteroatoms. The van der Waals surface area contributed by atoms with E-state index in [1.54, 1.807) is 18.6 Å². The van der Waals surface area contributed by atoms with Crippen LogP contribution in [0.5, 0.6) is 0 Å². The monoisotopic (exact) mass is 577 g/mol. The number of anilines is 1. The van der Waals surface area contributed by atoms with Crippen molar-refractivity contribution in [1.82, 2.24) is 19.9 Å². The van der Waals surface area contributed by atoms with E-state index in [0.29, 0.717) is 60.2 Å². The van der Waals surface area contributed by atoms with E-state index in [4.69, 9.17) is 4.98 Å². The van der Waals surface area contributed by atoms with E-state index in [-0.39, 0.29) is 11.5 Å². The first-order valence-corrected chi connectivity index (χ1v) is 12.7. The van der Waals surface area contributed by atoms with Crippen LogP contribution in [-0.4, -0.2) is 51.9 Å². The van der Waals surface area contributed by atoms with Gasteiger partial charge >= 0.3 is 0 Å². The molecule has 0 radical (unpaired) electrons. The summed E-state index contributed by atoms with van der Waals surface area (Å²) in [5, 5.41) is 0. The zero-order valence-corrected chi connectivity index (χ0v) is 21.3. The maximum atomic E-state index is 14.7. The number of rotatable bonds is 6. The van der Waals surface area contributed by atoms with Crippen molar-refractivity contribution in [2.75, 3.05) is 31.1 Å². The third-order valence-corrected chi connectivity index (χ3v) is 6.61. The second-order valence-electron chi connectivity index (χ2n) is 8.68. The van der Waals surface area contributed by atoms with Crippen molar-refractivity contribution in [3.63, 3.8) is 0 Å². The lowest BCUT2D eigenvalue weighted by molar-refractivity contribution is -0.132. The van der Waals surface area contributed by atoms with E-state index in [9.17, 15) is 13.6 Å². The molecule has 178 valence electrons. The molecular weight excluding hydrogens is 551 g/mol. The van der Waals surface area contributed by atoms with Gasteiger partial charge in [0.1, 0.15) is 17.5 Å². The average Bonchev–Trinajstić information content (AvgIpc) is 2.83. The Hall–Kier alpha value is -2.69. The van der Waals surface area contributed by atoms with Crippen molar-refractivity contribution < 1.29 is 13.6 Å². The number of amides is 1. The van der Waals surface area contributed by atoms with E-state index >= 15 is 0 Å². The molecule has 0 bridgehead atoms. The van der Waals surface area contributed by atoms with Crippen LogP contribution < -0.4 is 4.90 Å². The minimum absolute atomic E-state index is 0.173. The molecule has 0 unspecified atom stereocenters. The Labute approximate surface area is 211 Å². The smallest absolute Gasteiger partial charge is 0.222 e. The highest BCUT2D eigenvalue weighted by Gasteiger charge is 2.24. The number of carbonyl (C=O) groups excluding carboxylic acids is 1. The van der Waals surface area contributed by atoms with E-state index in [2.05, 4.69) is 37.5 Å². The maximum absolute atomic E-state index is 14.7. The third-order valence-electron chi connectivity index (χ3n) is 5.79. The largest absolute Gasteiger partial charge is 0.352 e. The molecule has 4 rings (SSSR count). The highest BCUT2D eigenvalue weighted by molar-refractivity contribution is 14.1. The molecule has 1 aliphatic rings. The molecule has 0 aliphatic carbocycles. The van der Waals surface area contributed by atoms with Gasteiger partial charge in [-0.3, -0.25) is 9.78 Å². The summed E-state index contributed by atoms with van der Waals surface area (Å²) < 4.78 is 28.9. The molecule has 0 spiro atoms. The fourth-order valence-corrected chi connectivity index (χ4v) is 4.63.